The van der Waals surface area contributed by atoms with E-state index in [9.17, 15) is 0 Å². The van der Waals surface area contributed by atoms with Crippen LogP contribution >= 0.6 is 0 Å². The summed E-state index contributed by atoms with van der Waals surface area (Å²) in [6.45, 7) is 4.36. The van der Waals surface area contributed by atoms with E-state index in [1.54, 1.807) is 7.11 Å². The third kappa shape index (κ3) is 3.19. The molecule has 19 heavy (non-hydrogen) atoms. The van der Waals surface area contributed by atoms with Gasteiger partial charge in [-0.3, -0.25) is 0 Å². The second-order valence-corrected chi connectivity index (χ2v) is 4.86. The summed E-state index contributed by atoms with van der Waals surface area (Å²) in [6, 6.07) is 13.9. The van der Waals surface area contributed by atoms with E-state index in [4.69, 9.17) is 10.5 Å². The predicted molar refractivity (Wildman–Crippen MR) is 81.2 cm³/mol. The van der Waals surface area contributed by atoms with Crippen LogP contribution in [0.5, 0.6) is 5.75 Å². The van der Waals surface area contributed by atoms with Crippen LogP contribution in [-0.2, 0) is 0 Å². The zero-order chi connectivity index (χ0) is 13.8. The summed E-state index contributed by atoms with van der Waals surface area (Å²) in [7, 11) is 1.65. The number of ether oxygens (including phenoxy) is 1. The zero-order valence-corrected chi connectivity index (χ0v) is 11.6. The molecular weight excluding hydrogens is 236 g/mol. The summed E-state index contributed by atoms with van der Waals surface area (Å²) in [6.07, 6.45) is 0. The van der Waals surface area contributed by atoms with Gasteiger partial charge < -0.3 is 15.8 Å². The molecule has 2 rings (SSSR count). The third-order valence-corrected chi connectivity index (χ3v) is 3.09. The van der Waals surface area contributed by atoms with Gasteiger partial charge in [-0.25, -0.2) is 0 Å². The second-order valence-electron chi connectivity index (χ2n) is 4.86. The van der Waals surface area contributed by atoms with Gasteiger partial charge in [0.1, 0.15) is 5.75 Å². The Morgan fingerprint density at radius 1 is 1.11 bits per heavy atom. The minimum Gasteiger partial charge on any atom is -0.497 e. The number of anilines is 3. The Bertz CT molecular complexity index is 564. The summed E-state index contributed by atoms with van der Waals surface area (Å²) >= 11 is 0. The summed E-state index contributed by atoms with van der Waals surface area (Å²) in [4.78, 5) is 0. The van der Waals surface area contributed by atoms with E-state index in [-0.39, 0.29) is 0 Å². The minimum atomic E-state index is 0.504. The Morgan fingerprint density at radius 2 is 1.89 bits per heavy atom. The Morgan fingerprint density at radius 3 is 2.58 bits per heavy atom. The van der Waals surface area contributed by atoms with Gasteiger partial charge in [-0.1, -0.05) is 26.0 Å². The lowest BCUT2D eigenvalue weighted by Gasteiger charge is -2.13. The monoisotopic (exact) mass is 256 g/mol. The van der Waals surface area contributed by atoms with Gasteiger partial charge in [-0.15, -0.1) is 0 Å². The summed E-state index contributed by atoms with van der Waals surface area (Å²) in [5.41, 5.74) is 9.87. The van der Waals surface area contributed by atoms with E-state index in [0.717, 1.165) is 17.1 Å². The molecule has 0 aromatic heterocycles. The molecule has 0 heterocycles. The molecule has 3 nitrogen and oxygen atoms in total. The lowest BCUT2D eigenvalue weighted by Crippen LogP contribution is -1.98. The Hall–Kier alpha value is -2.16. The molecule has 0 spiro atoms. The van der Waals surface area contributed by atoms with Crippen molar-refractivity contribution in [1.82, 2.24) is 0 Å². The molecule has 3 N–H and O–H groups in total. The lowest BCUT2D eigenvalue weighted by atomic mass is 10.0. The molecule has 0 aliphatic rings. The number of hydrogen-bond donors (Lipinski definition) is 2. The second kappa shape index (κ2) is 5.65. The maximum absolute atomic E-state index is 5.97. The van der Waals surface area contributed by atoms with Gasteiger partial charge in [0, 0.05) is 11.8 Å². The molecule has 0 radical (unpaired) electrons. The average Bonchev–Trinajstić information content (AvgIpc) is 2.41. The maximum atomic E-state index is 5.97. The SMILES string of the molecule is COc1ccc(N)c(Nc2cccc(C(C)C)c2)c1. The van der Waals surface area contributed by atoms with Crippen LogP contribution < -0.4 is 15.8 Å². The van der Waals surface area contributed by atoms with Gasteiger partial charge in [0.15, 0.2) is 0 Å². The topological polar surface area (TPSA) is 47.3 Å². The van der Waals surface area contributed by atoms with Crippen molar-refractivity contribution in [1.29, 1.82) is 0 Å². The van der Waals surface area contributed by atoms with E-state index < -0.39 is 0 Å². The molecule has 0 aliphatic heterocycles. The molecule has 0 fully saturated rings. The number of benzene rings is 2. The normalized spacial score (nSPS) is 10.5. The molecule has 0 atom stereocenters. The highest BCUT2D eigenvalue weighted by molar-refractivity contribution is 5.74. The fourth-order valence-electron chi connectivity index (χ4n) is 1.90. The van der Waals surface area contributed by atoms with Gasteiger partial charge >= 0.3 is 0 Å². The van der Waals surface area contributed by atoms with Crippen molar-refractivity contribution in [2.24, 2.45) is 0 Å². The van der Waals surface area contributed by atoms with Gasteiger partial charge in [0.05, 0.1) is 18.5 Å². The third-order valence-electron chi connectivity index (χ3n) is 3.09. The van der Waals surface area contributed by atoms with Crippen LogP contribution in [0.1, 0.15) is 25.3 Å². The molecule has 0 amide bonds. The van der Waals surface area contributed by atoms with Gasteiger partial charge in [-0.05, 0) is 35.7 Å². The molecule has 3 heteroatoms. The number of methoxy groups -OCH3 is 1. The van der Waals surface area contributed by atoms with Crippen LogP contribution in [-0.4, -0.2) is 7.11 Å². The number of hydrogen-bond acceptors (Lipinski definition) is 3. The summed E-state index contributed by atoms with van der Waals surface area (Å²) < 4.78 is 5.21. The lowest BCUT2D eigenvalue weighted by molar-refractivity contribution is 0.415. The first-order valence-electron chi connectivity index (χ1n) is 6.40. The van der Waals surface area contributed by atoms with E-state index in [2.05, 4.69) is 31.3 Å². The van der Waals surface area contributed by atoms with Crippen molar-refractivity contribution in [3.8, 4) is 5.75 Å². The predicted octanol–water partition coefficient (Wildman–Crippen LogP) is 4.14. The van der Waals surface area contributed by atoms with Crippen LogP contribution in [0.3, 0.4) is 0 Å². The molecule has 100 valence electrons. The molecule has 0 unspecified atom stereocenters. The molecule has 0 saturated carbocycles. The van der Waals surface area contributed by atoms with Crippen LogP contribution in [0.2, 0.25) is 0 Å². The first-order chi connectivity index (χ1) is 9.10. The zero-order valence-electron chi connectivity index (χ0n) is 11.6. The van der Waals surface area contributed by atoms with Crippen LogP contribution in [0, 0.1) is 0 Å². The fraction of sp³-hybridized carbons (Fsp3) is 0.250. The Balaban J connectivity index is 2.28. The number of nitrogens with one attached hydrogen (secondary N) is 1. The van der Waals surface area contributed by atoms with Gasteiger partial charge in [0.25, 0.3) is 0 Å². The first kappa shape index (κ1) is 13.3. The van der Waals surface area contributed by atoms with Crippen molar-refractivity contribution in [3.05, 3.63) is 48.0 Å². The average molecular weight is 256 g/mol. The Kier molecular flexibility index (Phi) is 3.95. The van der Waals surface area contributed by atoms with Crippen LogP contribution in [0.4, 0.5) is 17.1 Å². The van der Waals surface area contributed by atoms with E-state index in [0.29, 0.717) is 11.6 Å². The number of nitrogens with two attached hydrogens (primary N) is 1. The standard InChI is InChI=1S/C16H20N2O/c1-11(2)12-5-4-6-13(9-12)18-16-10-14(19-3)7-8-15(16)17/h4-11,18H,17H2,1-3H3. The largest absolute Gasteiger partial charge is 0.497 e. The first-order valence-corrected chi connectivity index (χ1v) is 6.40. The van der Waals surface area contributed by atoms with Crippen molar-refractivity contribution >= 4 is 17.1 Å². The van der Waals surface area contributed by atoms with Crippen molar-refractivity contribution in [2.45, 2.75) is 19.8 Å². The molecule has 0 bridgehead atoms. The van der Waals surface area contributed by atoms with Crippen LogP contribution in [0.25, 0.3) is 0 Å². The van der Waals surface area contributed by atoms with Crippen molar-refractivity contribution < 1.29 is 4.74 Å². The highest BCUT2D eigenvalue weighted by Crippen LogP contribution is 2.28. The number of nitrogen functional groups attached to an aromatic ring is 1. The van der Waals surface area contributed by atoms with Crippen LogP contribution in [0.15, 0.2) is 42.5 Å². The molecule has 2 aromatic rings. The molecule has 2 aromatic carbocycles. The molecular formula is C16H20N2O. The van der Waals surface area contributed by atoms with Gasteiger partial charge in [0.2, 0.25) is 0 Å². The summed E-state index contributed by atoms with van der Waals surface area (Å²) in [5, 5.41) is 3.34. The molecule has 0 aliphatic carbocycles. The number of rotatable bonds is 4. The minimum absolute atomic E-state index is 0.504. The van der Waals surface area contributed by atoms with Crippen molar-refractivity contribution in [2.75, 3.05) is 18.2 Å². The highest BCUT2D eigenvalue weighted by atomic mass is 16.5. The van der Waals surface area contributed by atoms with Gasteiger partial charge in [-0.2, -0.15) is 0 Å². The van der Waals surface area contributed by atoms with Crippen molar-refractivity contribution in [3.63, 3.8) is 0 Å². The maximum Gasteiger partial charge on any atom is 0.121 e. The fourth-order valence-corrected chi connectivity index (χ4v) is 1.90. The summed E-state index contributed by atoms with van der Waals surface area (Å²) in [5.74, 6) is 1.29. The smallest absolute Gasteiger partial charge is 0.121 e. The van der Waals surface area contributed by atoms with E-state index in [1.807, 2.05) is 30.3 Å². The molecule has 0 saturated heterocycles. The quantitative estimate of drug-likeness (QED) is 0.808. The van der Waals surface area contributed by atoms with E-state index in [1.165, 1.54) is 5.56 Å². The highest BCUT2D eigenvalue weighted by Gasteiger charge is 2.04. The Labute approximate surface area is 114 Å². The van der Waals surface area contributed by atoms with E-state index >= 15 is 0 Å².